The smallest absolute Gasteiger partial charge is 0.123 e. The molecule has 2 aromatic heterocycles. The molecule has 0 radical (unpaired) electrons. The first kappa shape index (κ1) is 17.1. The van der Waals surface area contributed by atoms with E-state index in [4.69, 9.17) is 9.84 Å². The Labute approximate surface area is 168 Å². The van der Waals surface area contributed by atoms with Crippen LogP contribution in [0.15, 0.2) is 91.1 Å². The molecule has 0 aliphatic heterocycles. The zero-order valence-corrected chi connectivity index (χ0v) is 15.9. The van der Waals surface area contributed by atoms with Crippen molar-refractivity contribution in [2.75, 3.05) is 7.11 Å². The molecule has 0 fully saturated rings. The first-order valence-corrected chi connectivity index (χ1v) is 9.35. The molecule has 0 spiro atoms. The van der Waals surface area contributed by atoms with Crippen molar-refractivity contribution >= 4 is 10.9 Å². The fourth-order valence-electron chi connectivity index (χ4n) is 3.39. The standard InChI is InChI=1S/C24H18N4O/c1-29-20-14-12-18(13-15-20)22-21-16-28(19-10-6-3-7-11-19)27-24(21)23(26-25-22)17-8-4-2-5-9-17/h2-16H,1H3. The average Bonchev–Trinajstić information content (AvgIpc) is 3.25. The van der Waals surface area contributed by atoms with E-state index in [1.807, 2.05) is 95.8 Å². The van der Waals surface area contributed by atoms with Crippen LogP contribution in [-0.2, 0) is 0 Å². The highest BCUT2D eigenvalue weighted by atomic mass is 16.5. The summed E-state index contributed by atoms with van der Waals surface area (Å²) in [6.45, 7) is 0. The Bertz CT molecular complexity index is 1260. The van der Waals surface area contributed by atoms with E-state index in [0.29, 0.717) is 0 Å². The highest BCUT2D eigenvalue weighted by molar-refractivity contribution is 5.99. The van der Waals surface area contributed by atoms with Crippen LogP contribution in [0.5, 0.6) is 5.75 Å². The lowest BCUT2D eigenvalue weighted by Gasteiger charge is -2.06. The van der Waals surface area contributed by atoms with Crippen molar-refractivity contribution in [3.63, 3.8) is 0 Å². The van der Waals surface area contributed by atoms with Gasteiger partial charge in [0.15, 0.2) is 0 Å². The van der Waals surface area contributed by atoms with Crippen LogP contribution >= 0.6 is 0 Å². The van der Waals surface area contributed by atoms with Gasteiger partial charge in [0, 0.05) is 17.3 Å². The van der Waals surface area contributed by atoms with E-state index in [1.54, 1.807) is 7.11 Å². The monoisotopic (exact) mass is 378 g/mol. The fourth-order valence-corrected chi connectivity index (χ4v) is 3.39. The van der Waals surface area contributed by atoms with Gasteiger partial charge in [0.05, 0.1) is 18.2 Å². The first-order valence-electron chi connectivity index (χ1n) is 9.35. The number of hydrogen-bond donors (Lipinski definition) is 0. The van der Waals surface area contributed by atoms with Crippen LogP contribution in [0.1, 0.15) is 0 Å². The predicted octanol–water partition coefficient (Wildman–Crippen LogP) is 5.16. The van der Waals surface area contributed by atoms with Crippen molar-refractivity contribution in [2.24, 2.45) is 0 Å². The number of fused-ring (bicyclic) bond motifs is 1. The molecule has 0 aliphatic rings. The molecule has 5 aromatic rings. The largest absolute Gasteiger partial charge is 0.497 e. The van der Waals surface area contributed by atoms with Crippen LogP contribution in [0, 0.1) is 0 Å². The first-order chi connectivity index (χ1) is 14.3. The third-order valence-corrected chi connectivity index (χ3v) is 4.88. The van der Waals surface area contributed by atoms with Gasteiger partial charge in [-0.2, -0.15) is 5.10 Å². The topological polar surface area (TPSA) is 52.8 Å². The summed E-state index contributed by atoms with van der Waals surface area (Å²) < 4.78 is 7.16. The Hall–Kier alpha value is -3.99. The molecule has 0 saturated heterocycles. The number of aromatic nitrogens is 4. The molecule has 2 heterocycles. The SMILES string of the molecule is COc1ccc(-c2nnc(-c3ccccc3)c3nn(-c4ccccc4)cc23)cc1. The molecule has 0 aliphatic carbocycles. The zero-order chi connectivity index (χ0) is 19.6. The van der Waals surface area contributed by atoms with Crippen molar-refractivity contribution in [3.8, 4) is 34.0 Å². The van der Waals surface area contributed by atoms with Gasteiger partial charge in [-0.15, -0.1) is 10.2 Å². The molecule has 0 amide bonds. The molecule has 3 aromatic carbocycles. The Morgan fingerprint density at radius 3 is 2.00 bits per heavy atom. The lowest BCUT2D eigenvalue weighted by molar-refractivity contribution is 0.415. The number of ether oxygens (including phenoxy) is 1. The van der Waals surface area contributed by atoms with E-state index < -0.39 is 0 Å². The number of nitrogens with zero attached hydrogens (tertiary/aromatic N) is 4. The predicted molar refractivity (Wildman–Crippen MR) is 114 cm³/mol. The van der Waals surface area contributed by atoms with E-state index in [0.717, 1.165) is 44.9 Å². The second-order valence-electron chi connectivity index (χ2n) is 6.66. The van der Waals surface area contributed by atoms with E-state index in [2.05, 4.69) is 10.2 Å². The molecule has 5 rings (SSSR count). The van der Waals surface area contributed by atoms with Gasteiger partial charge < -0.3 is 4.74 Å². The molecule has 140 valence electrons. The van der Waals surface area contributed by atoms with Gasteiger partial charge >= 0.3 is 0 Å². The van der Waals surface area contributed by atoms with Crippen LogP contribution in [-0.4, -0.2) is 27.1 Å². The molecular formula is C24H18N4O. The third-order valence-electron chi connectivity index (χ3n) is 4.88. The Morgan fingerprint density at radius 1 is 0.690 bits per heavy atom. The quantitative estimate of drug-likeness (QED) is 0.434. The average molecular weight is 378 g/mol. The highest BCUT2D eigenvalue weighted by Gasteiger charge is 2.17. The second kappa shape index (κ2) is 7.20. The normalized spacial score (nSPS) is 10.9. The molecule has 0 atom stereocenters. The van der Waals surface area contributed by atoms with Gasteiger partial charge in [-0.25, -0.2) is 4.68 Å². The minimum atomic E-state index is 0.771. The van der Waals surface area contributed by atoms with Crippen LogP contribution in [0.3, 0.4) is 0 Å². The van der Waals surface area contributed by atoms with Crippen LogP contribution in [0.4, 0.5) is 0 Å². The van der Waals surface area contributed by atoms with Gasteiger partial charge in [-0.1, -0.05) is 48.5 Å². The number of hydrogen-bond acceptors (Lipinski definition) is 4. The lowest BCUT2D eigenvalue weighted by Crippen LogP contribution is -1.95. The van der Waals surface area contributed by atoms with Crippen molar-refractivity contribution in [1.82, 2.24) is 20.0 Å². The highest BCUT2D eigenvalue weighted by Crippen LogP contribution is 2.32. The molecule has 0 unspecified atom stereocenters. The maximum Gasteiger partial charge on any atom is 0.123 e. The Balaban J connectivity index is 1.75. The summed E-state index contributed by atoms with van der Waals surface area (Å²) in [6.07, 6.45) is 2.02. The summed E-state index contributed by atoms with van der Waals surface area (Å²) in [5, 5.41) is 14.9. The summed E-state index contributed by atoms with van der Waals surface area (Å²) in [7, 11) is 1.66. The summed E-state index contributed by atoms with van der Waals surface area (Å²) >= 11 is 0. The Kier molecular flexibility index (Phi) is 4.26. The third kappa shape index (κ3) is 3.12. The van der Waals surface area contributed by atoms with E-state index >= 15 is 0 Å². The lowest BCUT2D eigenvalue weighted by atomic mass is 10.1. The molecule has 29 heavy (non-hydrogen) atoms. The van der Waals surface area contributed by atoms with Crippen LogP contribution < -0.4 is 4.74 Å². The van der Waals surface area contributed by atoms with E-state index in [9.17, 15) is 0 Å². The van der Waals surface area contributed by atoms with E-state index in [-0.39, 0.29) is 0 Å². The van der Waals surface area contributed by atoms with Gasteiger partial charge in [0.1, 0.15) is 22.7 Å². The molecule has 0 bridgehead atoms. The summed E-state index contributed by atoms with van der Waals surface area (Å²) in [6, 6.07) is 27.9. The van der Waals surface area contributed by atoms with Gasteiger partial charge in [-0.3, -0.25) is 0 Å². The summed E-state index contributed by atoms with van der Waals surface area (Å²) in [5.41, 5.74) is 5.33. The van der Waals surface area contributed by atoms with Crippen LogP contribution in [0.2, 0.25) is 0 Å². The number of rotatable bonds is 4. The van der Waals surface area contributed by atoms with Crippen molar-refractivity contribution in [1.29, 1.82) is 0 Å². The van der Waals surface area contributed by atoms with Gasteiger partial charge in [-0.05, 0) is 36.4 Å². The van der Waals surface area contributed by atoms with Crippen molar-refractivity contribution in [3.05, 3.63) is 91.1 Å². The summed E-state index contributed by atoms with van der Waals surface area (Å²) in [4.78, 5) is 0. The number of methoxy groups -OCH3 is 1. The summed E-state index contributed by atoms with van der Waals surface area (Å²) in [5.74, 6) is 0.804. The molecular weight excluding hydrogens is 360 g/mol. The minimum Gasteiger partial charge on any atom is -0.497 e. The molecule has 0 N–H and O–H groups in total. The zero-order valence-electron chi connectivity index (χ0n) is 15.9. The second-order valence-corrected chi connectivity index (χ2v) is 6.66. The maximum atomic E-state index is 5.28. The molecule has 0 saturated carbocycles. The number of para-hydroxylation sites is 1. The van der Waals surface area contributed by atoms with Crippen LogP contribution in [0.25, 0.3) is 39.1 Å². The maximum absolute atomic E-state index is 5.28. The van der Waals surface area contributed by atoms with Gasteiger partial charge in [0.25, 0.3) is 0 Å². The van der Waals surface area contributed by atoms with Crippen molar-refractivity contribution < 1.29 is 4.74 Å². The fraction of sp³-hybridized carbons (Fsp3) is 0.0417. The molecule has 5 heteroatoms. The van der Waals surface area contributed by atoms with Crippen molar-refractivity contribution in [2.45, 2.75) is 0 Å². The number of benzene rings is 3. The molecule has 5 nitrogen and oxygen atoms in total. The minimum absolute atomic E-state index is 0.771. The van der Waals surface area contributed by atoms with E-state index in [1.165, 1.54) is 0 Å². The van der Waals surface area contributed by atoms with Gasteiger partial charge in [0.2, 0.25) is 0 Å². The Morgan fingerprint density at radius 2 is 1.31 bits per heavy atom.